The summed E-state index contributed by atoms with van der Waals surface area (Å²) in [5.41, 5.74) is 20.0. The van der Waals surface area contributed by atoms with Gasteiger partial charge >= 0.3 is 0 Å². The lowest BCUT2D eigenvalue weighted by molar-refractivity contribution is -0.123. The number of rotatable bonds is 14. The molecule has 2 aromatic heterocycles. The third kappa shape index (κ3) is 9.52. The number of carboxylic acid groups (broad SMARTS) is 1. The number of aliphatic imine (C=N–C) groups is 1. The van der Waals surface area contributed by atoms with Gasteiger partial charge in [0.15, 0.2) is 29.0 Å². The number of methoxy groups -OCH3 is 1. The summed E-state index contributed by atoms with van der Waals surface area (Å²) in [6, 6.07) is 7.83. The van der Waals surface area contributed by atoms with Gasteiger partial charge in [-0.05, 0) is 55.2 Å². The van der Waals surface area contributed by atoms with Gasteiger partial charge in [-0.15, -0.1) is 0 Å². The molecule has 4 rings (SSSR count). The topological polar surface area (TPSA) is 237 Å². The average molecular weight is 685 g/mol. The van der Waals surface area contributed by atoms with Crippen LogP contribution < -0.4 is 37.9 Å². The number of carbonyl (C=O) groups excluding carboxylic acids is 2. The highest BCUT2D eigenvalue weighted by molar-refractivity contribution is 6.33. The Kier molecular flexibility index (Phi) is 13.9. The second-order valence-corrected chi connectivity index (χ2v) is 10.5. The monoisotopic (exact) mass is 684 g/mol. The number of hydrogen-bond donors (Lipinski definition) is 7. The number of aromatic nitrogens is 3. The average Bonchev–Trinajstić information content (AvgIpc) is 3.51. The summed E-state index contributed by atoms with van der Waals surface area (Å²) >= 11 is 6.31. The van der Waals surface area contributed by atoms with E-state index in [1.165, 1.54) is 13.2 Å². The SMILES string of the molecule is CCc1cc(Nc2nccn3c(-c4ccc(OC)c(F)c4Cl)cnc23)ccc1C(=O)NCCNC(=O)C(N)CCCN=C(N)N.O=CO. The summed E-state index contributed by atoms with van der Waals surface area (Å²) in [5.74, 6) is -0.738. The van der Waals surface area contributed by atoms with Gasteiger partial charge in [-0.3, -0.25) is 23.8 Å². The molecule has 0 aliphatic heterocycles. The van der Waals surface area contributed by atoms with Crippen molar-refractivity contribution in [2.24, 2.45) is 22.2 Å². The number of carbonyl (C=O) groups is 3. The van der Waals surface area contributed by atoms with Crippen LogP contribution in [0.3, 0.4) is 0 Å². The minimum atomic E-state index is -0.696. The van der Waals surface area contributed by atoms with Crippen molar-refractivity contribution < 1.29 is 28.6 Å². The van der Waals surface area contributed by atoms with Crippen LogP contribution in [-0.2, 0) is 16.0 Å². The van der Waals surface area contributed by atoms with Crippen LogP contribution in [0, 0.1) is 5.82 Å². The molecule has 0 bridgehead atoms. The van der Waals surface area contributed by atoms with Crippen molar-refractivity contribution >= 4 is 53.0 Å². The standard InChI is InChI=1S/C30H36ClFN10O3.CH2O2/c1-3-17-15-18(6-7-19(17)28(43)37-11-12-38-29(44)21(33)5-4-10-39-30(34)35)41-26-27-40-16-22(42(27)14-13-36-26)20-8-9-23(45-2)25(32)24(20)31;2-1-3/h6-9,13-16,21H,3-5,10-12,33H2,1-2H3,(H,36,41)(H,37,43)(H,38,44)(H4,34,35,39);1H,(H,2,3). The van der Waals surface area contributed by atoms with Crippen molar-refractivity contribution in [1.82, 2.24) is 25.0 Å². The molecule has 1 unspecified atom stereocenters. The number of nitrogens with one attached hydrogen (secondary N) is 3. The number of imidazole rings is 1. The van der Waals surface area contributed by atoms with Gasteiger partial charge in [0.25, 0.3) is 12.4 Å². The molecule has 15 nitrogen and oxygen atoms in total. The fraction of sp³-hybridized carbons (Fsp3) is 0.290. The van der Waals surface area contributed by atoms with Gasteiger partial charge in [0.2, 0.25) is 5.91 Å². The van der Waals surface area contributed by atoms with Crippen molar-refractivity contribution in [3.63, 3.8) is 0 Å². The molecule has 0 aliphatic carbocycles. The summed E-state index contributed by atoms with van der Waals surface area (Å²) in [6.07, 6.45) is 6.48. The third-order valence-electron chi connectivity index (χ3n) is 6.98. The second-order valence-electron chi connectivity index (χ2n) is 10.1. The quantitative estimate of drug-likeness (QED) is 0.0441. The minimum absolute atomic E-state index is 0.00424. The highest BCUT2D eigenvalue weighted by Gasteiger charge is 2.19. The van der Waals surface area contributed by atoms with Crippen LogP contribution in [0.5, 0.6) is 5.75 Å². The molecule has 256 valence electrons. The van der Waals surface area contributed by atoms with E-state index in [4.69, 9.17) is 43.4 Å². The Balaban J connectivity index is 0.00000201. The van der Waals surface area contributed by atoms with E-state index >= 15 is 0 Å². The van der Waals surface area contributed by atoms with Gasteiger partial charge in [0, 0.05) is 48.8 Å². The van der Waals surface area contributed by atoms with Crippen LogP contribution in [0.4, 0.5) is 15.9 Å². The van der Waals surface area contributed by atoms with Crippen molar-refractivity contribution in [3.05, 3.63) is 70.9 Å². The van der Waals surface area contributed by atoms with E-state index in [9.17, 15) is 14.0 Å². The number of amides is 2. The summed E-state index contributed by atoms with van der Waals surface area (Å²) in [7, 11) is 1.37. The van der Waals surface area contributed by atoms with Crippen molar-refractivity contribution in [2.75, 3.05) is 32.1 Å². The van der Waals surface area contributed by atoms with E-state index in [0.717, 1.165) is 5.56 Å². The van der Waals surface area contributed by atoms with E-state index in [2.05, 4.69) is 30.9 Å². The summed E-state index contributed by atoms with van der Waals surface area (Å²) in [5, 5.41) is 15.6. The number of fused-ring (bicyclic) bond motifs is 1. The molecule has 0 aliphatic rings. The maximum Gasteiger partial charge on any atom is 0.290 e. The first-order valence-electron chi connectivity index (χ1n) is 14.7. The smallest absolute Gasteiger partial charge is 0.290 e. The zero-order chi connectivity index (χ0) is 35.2. The molecule has 0 spiro atoms. The number of benzene rings is 2. The Morgan fingerprint density at radius 3 is 2.60 bits per heavy atom. The molecular weight excluding hydrogens is 647 g/mol. The first-order valence-corrected chi connectivity index (χ1v) is 15.1. The van der Waals surface area contributed by atoms with Crippen molar-refractivity contribution in [3.8, 4) is 17.0 Å². The van der Waals surface area contributed by atoms with E-state index in [1.54, 1.807) is 41.2 Å². The molecule has 1 atom stereocenters. The Bertz CT molecular complexity index is 1760. The third-order valence-corrected chi connectivity index (χ3v) is 7.35. The predicted molar refractivity (Wildman–Crippen MR) is 181 cm³/mol. The number of nitrogens with zero attached hydrogens (tertiary/aromatic N) is 4. The number of nitrogens with two attached hydrogens (primary N) is 3. The van der Waals surface area contributed by atoms with Gasteiger partial charge in [0.1, 0.15) is 0 Å². The minimum Gasteiger partial charge on any atom is -0.494 e. The maximum absolute atomic E-state index is 14.6. The Morgan fingerprint density at radius 1 is 1.19 bits per heavy atom. The van der Waals surface area contributed by atoms with Crippen LogP contribution in [0.1, 0.15) is 35.7 Å². The van der Waals surface area contributed by atoms with Crippen LogP contribution in [0.15, 0.2) is 53.9 Å². The second kappa shape index (κ2) is 18.0. The van der Waals surface area contributed by atoms with Gasteiger partial charge in [-0.1, -0.05) is 18.5 Å². The number of anilines is 2. The van der Waals surface area contributed by atoms with E-state index in [0.29, 0.717) is 59.8 Å². The summed E-state index contributed by atoms with van der Waals surface area (Å²) in [4.78, 5) is 46.3. The first kappa shape index (κ1) is 37.0. The van der Waals surface area contributed by atoms with Gasteiger partial charge in [-0.25, -0.2) is 14.4 Å². The number of halogens is 2. The van der Waals surface area contributed by atoms with Crippen molar-refractivity contribution in [2.45, 2.75) is 32.2 Å². The van der Waals surface area contributed by atoms with E-state index < -0.39 is 11.9 Å². The Labute approximate surface area is 280 Å². The number of aryl methyl sites for hydroxylation is 1. The summed E-state index contributed by atoms with van der Waals surface area (Å²) < 4.78 is 21.4. The zero-order valence-electron chi connectivity index (χ0n) is 26.4. The highest BCUT2D eigenvalue weighted by atomic mass is 35.5. The van der Waals surface area contributed by atoms with Gasteiger partial charge in [0.05, 0.1) is 30.1 Å². The fourth-order valence-electron chi connectivity index (χ4n) is 4.65. The van der Waals surface area contributed by atoms with Crippen LogP contribution in [-0.4, -0.2) is 76.5 Å². The predicted octanol–water partition coefficient (Wildman–Crippen LogP) is 2.43. The zero-order valence-corrected chi connectivity index (χ0v) is 27.1. The summed E-state index contributed by atoms with van der Waals surface area (Å²) in [6.45, 7) is 2.54. The molecule has 0 fully saturated rings. The Hall–Kier alpha value is -5.48. The molecule has 0 saturated heterocycles. The lowest BCUT2D eigenvalue weighted by atomic mass is 10.0. The number of guanidine groups is 1. The van der Waals surface area contributed by atoms with Crippen LogP contribution in [0.25, 0.3) is 16.9 Å². The van der Waals surface area contributed by atoms with Gasteiger partial charge < -0.3 is 43.0 Å². The largest absolute Gasteiger partial charge is 0.494 e. The van der Waals surface area contributed by atoms with Gasteiger partial charge in [-0.2, -0.15) is 0 Å². The van der Waals surface area contributed by atoms with E-state index in [1.807, 2.05) is 13.0 Å². The molecule has 2 heterocycles. The number of hydrogen-bond acceptors (Lipinski definition) is 9. The van der Waals surface area contributed by atoms with Crippen LogP contribution >= 0.6 is 11.6 Å². The number of ether oxygens (including phenoxy) is 1. The molecule has 0 saturated carbocycles. The van der Waals surface area contributed by atoms with Crippen LogP contribution in [0.2, 0.25) is 5.02 Å². The molecule has 4 aromatic rings. The fourth-order valence-corrected chi connectivity index (χ4v) is 4.91. The Morgan fingerprint density at radius 2 is 1.92 bits per heavy atom. The lowest BCUT2D eigenvalue weighted by Gasteiger charge is -2.14. The van der Waals surface area contributed by atoms with E-state index in [-0.39, 0.29) is 48.1 Å². The molecule has 2 amide bonds. The first-order chi connectivity index (χ1) is 23.1. The molecule has 10 N–H and O–H groups in total. The highest BCUT2D eigenvalue weighted by Crippen LogP contribution is 2.35. The molecule has 0 radical (unpaired) electrons. The molecule has 48 heavy (non-hydrogen) atoms. The molecule has 2 aromatic carbocycles. The normalized spacial score (nSPS) is 11.1. The lowest BCUT2D eigenvalue weighted by Crippen LogP contribution is -2.43. The molecular formula is C31H38ClFN10O5. The van der Waals surface area contributed by atoms with Crippen molar-refractivity contribution in [1.29, 1.82) is 0 Å². The molecule has 17 heteroatoms. The maximum atomic E-state index is 14.6.